The van der Waals surface area contributed by atoms with Crippen molar-refractivity contribution in [1.29, 1.82) is 0 Å². The van der Waals surface area contributed by atoms with Crippen LogP contribution in [-0.2, 0) is 12.1 Å². The fraction of sp³-hybridized carbons (Fsp3) is 0.182. The van der Waals surface area contributed by atoms with Crippen molar-refractivity contribution in [2.24, 2.45) is 0 Å². The highest BCUT2D eigenvalue weighted by Gasteiger charge is 2.17. The monoisotopic (exact) mass is 398 g/mol. The third-order valence-corrected chi connectivity index (χ3v) is 4.18. The Morgan fingerprint density at radius 2 is 1.76 bits per heavy atom. The normalized spacial score (nSPS) is 11.2. The van der Waals surface area contributed by atoms with Gasteiger partial charge in [-0.15, -0.1) is 0 Å². The molecule has 0 aliphatic heterocycles. The van der Waals surface area contributed by atoms with Crippen LogP contribution in [0.15, 0.2) is 60.8 Å². The number of nitrogens with one attached hydrogen (secondary N) is 1. The second-order valence-corrected chi connectivity index (χ2v) is 7.00. The smallest absolute Gasteiger partial charge is 0.257 e. The summed E-state index contributed by atoms with van der Waals surface area (Å²) in [7, 11) is 0. The summed E-state index contributed by atoms with van der Waals surface area (Å²) >= 11 is 0. The molecule has 3 rings (SSSR count). The molecular weight excluding hydrogens is 378 g/mol. The lowest BCUT2D eigenvalue weighted by molar-refractivity contribution is 0.0785. The molecule has 29 heavy (non-hydrogen) atoms. The molecule has 0 spiro atoms. The van der Waals surface area contributed by atoms with Crippen molar-refractivity contribution in [1.82, 2.24) is 10.3 Å². The van der Waals surface area contributed by atoms with Crippen molar-refractivity contribution in [2.75, 3.05) is 0 Å². The molecule has 0 aliphatic carbocycles. The Morgan fingerprint density at radius 3 is 2.38 bits per heavy atom. The van der Waals surface area contributed by atoms with Crippen LogP contribution in [0.4, 0.5) is 8.78 Å². The number of hydrogen-bond acceptors (Lipinski definition) is 4. The Balaban J connectivity index is 1.71. The van der Waals surface area contributed by atoms with Crippen LogP contribution >= 0.6 is 0 Å². The zero-order chi connectivity index (χ0) is 21.0. The zero-order valence-corrected chi connectivity index (χ0v) is 15.9. The molecule has 1 aromatic heterocycles. The van der Waals surface area contributed by atoms with Gasteiger partial charge in [0.2, 0.25) is 5.88 Å². The first-order valence-electron chi connectivity index (χ1n) is 8.91. The highest BCUT2D eigenvalue weighted by atomic mass is 19.1. The summed E-state index contributed by atoms with van der Waals surface area (Å²) in [4.78, 5) is 16.6. The van der Waals surface area contributed by atoms with Gasteiger partial charge in [0.25, 0.3) is 5.91 Å². The highest BCUT2D eigenvalue weighted by molar-refractivity contribution is 5.96. The Hall–Kier alpha value is -3.32. The number of pyridine rings is 1. The summed E-state index contributed by atoms with van der Waals surface area (Å²) in [6.07, 6.45) is 1.41. The van der Waals surface area contributed by atoms with E-state index in [1.165, 1.54) is 12.3 Å². The predicted octanol–water partition coefficient (Wildman–Crippen LogP) is 4.31. The summed E-state index contributed by atoms with van der Waals surface area (Å²) in [6.45, 7) is 3.63. The molecule has 0 unspecified atom stereocenters. The maximum absolute atomic E-state index is 13.4. The lowest BCUT2D eigenvalue weighted by Crippen LogP contribution is -2.23. The van der Waals surface area contributed by atoms with Crippen molar-refractivity contribution >= 4 is 5.91 Å². The molecule has 0 bridgehead atoms. The van der Waals surface area contributed by atoms with E-state index >= 15 is 0 Å². The summed E-state index contributed by atoms with van der Waals surface area (Å²) in [5.74, 6) is -2.20. The van der Waals surface area contributed by atoms with Gasteiger partial charge in [0, 0.05) is 30.9 Å². The number of rotatable bonds is 6. The molecule has 0 atom stereocenters. The molecule has 1 heterocycles. The summed E-state index contributed by atoms with van der Waals surface area (Å²) in [5, 5.41) is 12.7. The number of aliphatic hydroxyl groups is 1. The summed E-state index contributed by atoms with van der Waals surface area (Å²) in [5.41, 5.74) is 0.785. The van der Waals surface area contributed by atoms with E-state index in [4.69, 9.17) is 4.74 Å². The van der Waals surface area contributed by atoms with Crippen molar-refractivity contribution in [2.45, 2.75) is 26.0 Å². The van der Waals surface area contributed by atoms with E-state index < -0.39 is 23.1 Å². The fourth-order valence-electron chi connectivity index (χ4n) is 2.65. The van der Waals surface area contributed by atoms with E-state index in [1.807, 2.05) is 12.1 Å². The van der Waals surface area contributed by atoms with Gasteiger partial charge in [-0.25, -0.2) is 13.8 Å². The van der Waals surface area contributed by atoms with Gasteiger partial charge in [0.15, 0.2) is 0 Å². The second kappa shape index (κ2) is 8.36. The molecule has 3 aromatic rings. The number of aromatic nitrogens is 1. The van der Waals surface area contributed by atoms with Gasteiger partial charge in [0.05, 0.1) is 5.60 Å². The first-order valence-corrected chi connectivity index (χ1v) is 8.91. The number of benzene rings is 2. The average Bonchev–Trinajstić information content (AvgIpc) is 2.65. The first kappa shape index (κ1) is 20.4. The van der Waals surface area contributed by atoms with E-state index in [0.29, 0.717) is 0 Å². The standard InChI is InChI=1S/C22H20F2N2O3/c1-22(2,28)15-7-5-14(6-8-15)13-26-20(27)19-4-3-9-25-21(19)29-18-11-16(23)10-17(24)12-18/h3-12,28H,13H2,1-2H3,(H,26,27). The molecule has 0 saturated carbocycles. The number of nitrogens with zero attached hydrogens (tertiary/aromatic N) is 1. The molecule has 2 N–H and O–H groups in total. The molecule has 0 aliphatic rings. The minimum absolute atomic E-state index is 0.0626. The summed E-state index contributed by atoms with van der Waals surface area (Å²) < 4.78 is 32.1. The molecular formula is C22H20F2N2O3. The van der Waals surface area contributed by atoms with Crippen LogP contribution in [0.1, 0.15) is 35.3 Å². The molecule has 7 heteroatoms. The topological polar surface area (TPSA) is 71.5 Å². The first-order chi connectivity index (χ1) is 13.7. The van der Waals surface area contributed by atoms with Gasteiger partial charge < -0.3 is 15.2 Å². The van der Waals surface area contributed by atoms with Crippen LogP contribution in [0.5, 0.6) is 11.6 Å². The maximum atomic E-state index is 13.4. The van der Waals surface area contributed by atoms with Gasteiger partial charge in [-0.1, -0.05) is 24.3 Å². The maximum Gasteiger partial charge on any atom is 0.257 e. The number of amides is 1. The number of ether oxygens (including phenoxy) is 1. The van der Waals surface area contributed by atoms with Crippen molar-refractivity contribution in [3.05, 3.63) is 89.1 Å². The summed E-state index contributed by atoms with van der Waals surface area (Å²) in [6, 6.07) is 13.0. The van der Waals surface area contributed by atoms with E-state index in [1.54, 1.807) is 32.0 Å². The lowest BCUT2D eigenvalue weighted by atomic mass is 9.97. The number of carbonyl (C=O) groups excluding carboxylic acids is 1. The number of carbonyl (C=O) groups is 1. The zero-order valence-electron chi connectivity index (χ0n) is 15.9. The largest absolute Gasteiger partial charge is 0.438 e. The van der Waals surface area contributed by atoms with Crippen LogP contribution in [0.25, 0.3) is 0 Å². The molecule has 0 fully saturated rings. The van der Waals surface area contributed by atoms with Crippen molar-refractivity contribution in [3.63, 3.8) is 0 Å². The number of halogens is 2. The average molecular weight is 398 g/mol. The van der Waals surface area contributed by atoms with Gasteiger partial charge >= 0.3 is 0 Å². The predicted molar refractivity (Wildman–Crippen MR) is 104 cm³/mol. The quantitative estimate of drug-likeness (QED) is 0.649. The van der Waals surface area contributed by atoms with Gasteiger partial charge in [-0.3, -0.25) is 4.79 Å². The Labute approximate surface area is 167 Å². The van der Waals surface area contributed by atoms with Crippen LogP contribution < -0.4 is 10.1 Å². The molecule has 5 nitrogen and oxygen atoms in total. The van der Waals surface area contributed by atoms with Crippen LogP contribution in [0, 0.1) is 11.6 Å². The van der Waals surface area contributed by atoms with Crippen molar-refractivity contribution < 1.29 is 23.4 Å². The minimum Gasteiger partial charge on any atom is -0.438 e. The van der Waals surface area contributed by atoms with E-state index in [2.05, 4.69) is 10.3 Å². The van der Waals surface area contributed by atoms with Crippen LogP contribution in [0.2, 0.25) is 0 Å². The molecule has 2 aromatic carbocycles. The molecule has 0 radical (unpaired) electrons. The minimum atomic E-state index is -0.944. The Kier molecular flexibility index (Phi) is 5.89. The van der Waals surface area contributed by atoms with Gasteiger partial charge in [0.1, 0.15) is 22.9 Å². The van der Waals surface area contributed by atoms with Gasteiger partial charge in [-0.2, -0.15) is 0 Å². The van der Waals surface area contributed by atoms with Gasteiger partial charge in [-0.05, 0) is 37.1 Å². The number of hydrogen-bond donors (Lipinski definition) is 2. The molecule has 1 amide bonds. The van der Waals surface area contributed by atoms with Crippen LogP contribution in [-0.4, -0.2) is 16.0 Å². The SMILES string of the molecule is CC(C)(O)c1ccc(CNC(=O)c2cccnc2Oc2cc(F)cc(F)c2)cc1. The fourth-order valence-corrected chi connectivity index (χ4v) is 2.65. The highest BCUT2D eigenvalue weighted by Crippen LogP contribution is 2.25. The van der Waals surface area contributed by atoms with Crippen molar-refractivity contribution in [3.8, 4) is 11.6 Å². The third-order valence-electron chi connectivity index (χ3n) is 4.18. The lowest BCUT2D eigenvalue weighted by Gasteiger charge is -2.18. The Bertz CT molecular complexity index is 995. The molecule has 0 saturated heterocycles. The second-order valence-electron chi connectivity index (χ2n) is 7.00. The van der Waals surface area contributed by atoms with E-state index in [0.717, 1.165) is 29.3 Å². The Morgan fingerprint density at radius 1 is 1.10 bits per heavy atom. The van der Waals surface area contributed by atoms with Crippen LogP contribution in [0.3, 0.4) is 0 Å². The van der Waals surface area contributed by atoms with E-state index in [-0.39, 0.29) is 23.7 Å². The third kappa shape index (κ3) is 5.36. The van der Waals surface area contributed by atoms with E-state index in [9.17, 15) is 18.7 Å². The molecule has 150 valence electrons.